The van der Waals surface area contributed by atoms with Crippen molar-refractivity contribution in [2.45, 2.75) is 24.7 Å². The molecule has 9 aromatic carbocycles. The third kappa shape index (κ3) is 4.94. The maximum absolute atomic E-state index is 6.51. The van der Waals surface area contributed by atoms with Crippen LogP contribution in [0.5, 0.6) is 0 Å². The Morgan fingerprint density at radius 2 is 0.850 bits per heavy atom. The van der Waals surface area contributed by atoms with Crippen molar-refractivity contribution in [2.75, 3.05) is 4.90 Å². The molecule has 0 spiro atoms. The van der Waals surface area contributed by atoms with E-state index in [4.69, 9.17) is 4.42 Å². The minimum absolute atomic E-state index is 0.0816. The van der Waals surface area contributed by atoms with Crippen LogP contribution in [0.15, 0.2) is 217 Å². The number of hydrogen-bond acceptors (Lipinski definition) is 2. The molecule has 284 valence electrons. The minimum atomic E-state index is -0.523. The topological polar surface area (TPSA) is 16.4 Å². The predicted octanol–water partition coefficient (Wildman–Crippen LogP) is 15.4. The first-order chi connectivity index (χ1) is 29.5. The van der Waals surface area contributed by atoms with E-state index in [0.29, 0.717) is 0 Å². The smallest absolute Gasteiger partial charge is 0.135 e. The number of para-hydroxylation sites is 2. The van der Waals surface area contributed by atoms with Gasteiger partial charge >= 0.3 is 0 Å². The molecule has 1 aromatic heterocycles. The van der Waals surface area contributed by atoms with Gasteiger partial charge in [-0.25, -0.2) is 0 Å². The highest BCUT2D eigenvalue weighted by Gasteiger charge is 2.46. The fraction of sp³-hybridized carbons (Fsp3) is 0.0690. The molecule has 2 nitrogen and oxygen atoms in total. The van der Waals surface area contributed by atoms with Crippen LogP contribution in [0.1, 0.15) is 47.2 Å². The molecule has 0 saturated carbocycles. The van der Waals surface area contributed by atoms with Crippen LogP contribution < -0.4 is 4.90 Å². The summed E-state index contributed by atoms with van der Waals surface area (Å²) in [4.78, 5) is 2.38. The average molecular weight is 768 g/mol. The maximum Gasteiger partial charge on any atom is 0.135 e. The van der Waals surface area contributed by atoms with E-state index < -0.39 is 5.41 Å². The molecule has 0 aliphatic heterocycles. The van der Waals surface area contributed by atoms with E-state index >= 15 is 0 Å². The van der Waals surface area contributed by atoms with Crippen molar-refractivity contribution in [2.24, 2.45) is 0 Å². The molecule has 0 bridgehead atoms. The van der Waals surface area contributed by atoms with Crippen molar-refractivity contribution in [3.8, 4) is 33.4 Å². The van der Waals surface area contributed by atoms with Crippen LogP contribution >= 0.6 is 0 Å². The van der Waals surface area contributed by atoms with Crippen molar-refractivity contribution in [3.05, 3.63) is 246 Å². The summed E-state index contributed by atoms with van der Waals surface area (Å²) >= 11 is 0. The normalized spacial score (nSPS) is 14.1. The van der Waals surface area contributed by atoms with Gasteiger partial charge in [-0.15, -0.1) is 0 Å². The highest BCUT2D eigenvalue weighted by atomic mass is 16.3. The van der Waals surface area contributed by atoms with Crippen LogP contribution in [0.2, 0.25) is 0 Å². The van der Waals surface area contributed by atoms with Gasteiger partial charge < -0.3 is 9.32 Å². The highest BCUT2D eigenvalue weighted by molar-refractivity contribution is 6.05. The third-order valence-electron chi connectivity index (χ3n) is 13.4. The summed E-state index contributed by atoms with van der Waals surface area (Å²) in [5, 5.41) is 2.28. The number of anilines is 3. The Balaban J connectivity index is 0.949. The van der Waals surface area contributed by atoms with E-state index in [1.165, 1.54) is 66.8 Å². The standard InChI is InChI=1S/C58H41NO/c1-57(2)51-20-10-6-16-45(51)48-35-33-44(37-54(48)57)59(42-14-4-3-5-15-42)43-31-26-39(27-32-43)38-24-28-40(29-25-38)58(52-21-11-7-17-46(52)47-18-8-12-22-53(47)58)41-30-34-50-49-19-9-13-23-55(49)60-56(50)36-41/h3-37H,1-2H3. The number of furan rings is 1. The molecule has 0 fully saturated rings. The van der Waals surface area contributed by atoms with E-state index in [0.717, 1.165) is 39.0 Å². The number of benzene rings is 9. The van der Waals surface area contributed by atoms with Gasteiger partial charge in [-0.3, -0.25) is 0 Å². The summed E-state index contributed by atoms with van der Waals surface area (Å²) in [7, 11) is 0. The van der Waals surface area contributed by atoms with E-state index in [-0.39, 0.29) is 5.41 Å². The number of hydrogen-bond donors (Lipinski definition) is 0. The number of fused-ring (bicyclic) bond motifs is 9. The predicted molar refractivity (Wildman–Crippen MR) is 249 cm³/mol. The highest BCUT2D eigenvalue weighted by Crippen LogP contribution is 2.57. The Bertz CT molecular complexity index is 3230. The van der Waals surface area contributed by atoms with E-state index in [2.05, 4.69) is 225 Å². The Labute approximate surface area is 350 Å². The van der Waals surface area contributed by atoms with Gasteiger partial charge in [0.15, 0.2) is 0 Å². The molecule has 10 aromatic rings. The Hall–Kier alpha value is -7.42. The molecule has 0 N–H and O–H groups in total. The second-order valence-corrected chi connectivity index (χ2v) is 16.8. The first-order valence-corrected chi connectivity index (χ1v) is 20.9. The molecule has 0 amide bonds. The van der Waals surface area contributed by atoms with Gasteiger partial charge in [0.05, 0.1) is 5.41 Å². The molecule has 60 heavy (non-hydrogen) atoms. The first-order valence-electron chi connectivity index (χ1n) is 20.9. The molecule has 0 radical (unpaired) electrons. The molecule has 0 unspecified atom stereocenters. The van der Waals surface area contributed by atoms with Crippen LogP contribution in [0.4, 0.5) is 17.1 Å². The van der Waals surface area contributed by atoms with Crippen LogP contribution in [-0.4, -0.2) is 0 Å². The molecular formula is C58H41NO. The van der Waals surface area contributed by atoms with E-state index in [9.17, 15) is 0 Å². The van der Waals surface area contributed by atoms with Gasteiger partial charge in [-0.1, -0.05) is 178 Å². The summed E-state index contributed by atoms with van der Waals surface area (Å²) in [6, 6.07) is 77.9. The Morgan fingerprint density at radius 1 is 0.350 bits per heavy atom. The molecular weight excluding hydrogens is 727 g/mol. The van der Waals surface area contributed by atoms with Crippen molar-refractivity contribution in [1.82, 2.24) is 0 Å². The molecule has 1 heterocycles. The second kappa shape index (κ2) is 13.0. The summed E-state index contributed by atoms with van der Waals surface area (Å²) in [6.07, 6.45) is 0. The summed E-state index contributed by atoms with van der Waals surface area (Å²) in [5.41, 5.74) is 19.9. The Morgan fingerprint density at radius 3 is 1.55 bits per heavy atom. The zero-order chi connectivity index (χ0) is 40.0. The van der Waals surface area contributed by atoms with Gasteiger partial charge in [-0.2, -0.15) is 0 Å². The van der Waals surface area contributed by atoms with Gasteiger partial charge in [0.25, 0.3) is 0 Å². The number of rotatable bonds is 6. The molecule has 2 aliphatic rings. The zero-order valence-corrected chi connectivity index (χ0v) is 33.6. The van der Waals surface area contributed by atoms with Crippen molar-refractivity contribution >= 4 is 39.0 Å². The largest absolute Gasteiger partial charge is 0.456 e. The number of nitrogens with zero attached hydrogens (tertiary/aromatic N) is 1. The minimum Gasteiger partial charge on any atom is -0.456 e. The SMILES string of the molecule is CC1(C)c2ccccc2-c2ccc(N(c3ccccc3)c3ccc(-c4ccc(C5(c6ccc7c(c6)oc6ccccc67)c6ccccc6-c6ccccc65)cc4)cc3)cc21. The monoisotopic (exact) mass is 767 g/mol. The average Bonchev–Trinajstić information content (AvgIpc) is 3.91. The van der Waals surface area contributed by atoms with Gasteiger partial charge in [0.1, 0.15) is 11.2 Å². The maximum atomic E-state index is 6.51. The van der Waals surface area contributed by atoms with Crippen LogP contribution in [0, 0.1) is 0 Å². The van der Waals surface area contributed by atoms with Gasteiger partial charge in [0.2, 0.25) is 0 Å². The Kier molecular flexibility index (Phi) is 7.52. The lowest BCUT2D eigenvalue weighted by Crippen LogP contribution is -2.28. The molecule has 0 atom stereocenters. The molecule has 2 aliphatic carbocycles. The van der Waals surface area contributed by atoms with Gasteiger partial charge in [-0.05, 0) is 115 Å². The lowest BCUT2D eigenvalue weighted by Gasteiger charge is -2.34. The van der Waals surface area contributed by atoms with E-state index in [1.807, 2.05) is 6.07 Å². The molecule has 0 saturated heterocycles. The van der Waals surface area contributed by atoms with E-state index in [1.54, 1.807) is 0 Å². The van der Waals surface area contributed by atoms with Crippen molar-refractivity contribution in [3.63, 3.8) is 0 Å². The third-order valence-corrected chi connectivity index (χ3v) is 13.4. The summed E-state index contributed by atoms with van der Waals surface area (Å²) in [6.45, 7) is 4.69. The van der Waals surface area contributed by atoms with Crippen molar-refractivity contribution in [1.29, 1.82) is 0 Å². The molecule has 2 heteroatoms. The fourth-order valence-corrected chi connectivity index (χ4v) is 10.6. The van der Waals surface area contributed by atoms with Gasteiger partial charge in [0, 0.05) is 33.2 Å². The summed E-state index contributed by atoms with van der Waals surface area (Å²) in [5.74, 6) is 0. The lowest BCUT2D eigenvalue weighted by molar-refractivity contribution is 0.660. The van der Waals surface area contributed by atoms with Crippen molar-refractivity contribution < 1.29 is 4.42 Å². The quantitative estimate of drug-likeness (QED) is 0.168. The lowest BCUT2D eigenvalue weighted by atomic mass is 9.67. The first kappa shape index (κ1) is 34.6. The second-order valence-electron chi connectivity index (χ2n) is 16.8. The van der Waals surface area contributed by atoms with Crippen LogP contribution in [0.3, 0.4) is 0 Å². The summed E-state index contributed by atoms with van der Waals surface area (Å²) < 4.78 is 6.51. The molecule has 12 rings (SSSR count). The van der Waals surface area contributed by atoms with Crippen LogP contribution in [-0.2, 0) is 10.8 Å². The zero-order valence-electron chi connectivity index (χ0n) is 33.6. The fourth-order valence-electron chi connectivity index (χ4n) is 10.6. The van der Waals surface area contributed by atoms with Crippen LogP contribution in [0.25, 0.3) is 55.3 Å².